The average Bonchev–Trinajstić information content (AvgIpc) is 2.26. The van der Waals surface area contributed by atoms with E-state index in [2.05, 4.69) is 27.5 Å². The van der Waals surface area contributed by atoms with Gasteiger partial charge in [0.2, 0.25) is 0 Å². The van der Waals surface area contributed by atoms with Crippen molar-refractivity contribution >= 4 is 11.6 Å². The first-order valence-corrected chi connectivity index (χ1v) is 7.23. The summed E-state index contributed by atoms with van der Waals surface area (Å²) >= 11 is 0. The quantitative estimate of drug-likeness (QED) is 0.702. The van der Waals surface area contributed by atoms with Crippen LogP contribution in [0.25, 0.3) is 0 Å². The molecule has 0 bridgehead atoms. The lowest BCUT2D eigenvalue weighted by molar-refractivity contribution is 0.333. The third kappa shape index (κ3) is 4.35. The fourth-order valence-corrected chi connectivity index (χ4v) is 2.25. The molecule has 0 radical (unpaired) electrons. The highest BCUT2D eigenvalue weighted by Crippen LogP contribution is 2.26. The Morgan fingerprint density at radius 3 is 2.74 bits per heavy atom. The van der Waals surface area contributed by atoms with E-state index in [0.717, 1.165) is 36.3 Å². The molecule has 1 saturated carbocycles. The molecule has 1 aromatic heterocycles. The van der Waals surface area contributed by atoms with Gasteiger partial charge < -0.3 is 16.4 Å². The third-order valence-corrected chi connectivity index (χ3v) is 3.63. The number of nitrogens with two attached hydrogens (primary N) is 1. The summed E-state index contributed by atoms with van der Waals surface area (Å²) in [6.45, 7) is 5.75. The van der Waals surface area contributed by atoms with Crippen LogP contribution >= 0.6 is 0 Å². The van der Waals surface area contributed by atoms with Gasteiger partial charge in [-0.05, 0) is 45.6 Å². The molecule has 0 amide bonds. The Morgan fingerprint density at radius 2 is 2.11 bits per heavy atom. The molecule has 0 aliphatic heterocycles. The molecule has 19 heavy (non-hydrogen) atoms. The molecule has 5 heteroatoms. The SMILES string of the molecule is Cc1nc(NCC2CCC2)cc(NC(C)CCN)n1. The van der Waals surface area contributed by atoms with Gasteiger partial charge in [0, 0.05) is 18.7 Å². The van der Waals surface area contributed by atoms with Crippen LogP contribution in [0.15, 0.2) is 6.07 Å². The zero-order valence-corrected chi connectivity index (χ0v) is 11.9. The Bertz CT molecular complexity index is 403. The maximum absolute atomic E-state index is 5.56. The normalized spacial score (nSPS) is 16.8. The van der Waals surface area contributed by atoms with Crippen molar-refractivity contribution < 1.29 is 0 Å². The fourth-order valence-electron chi connectivity index (χ4n) is 2.25. The Balaban J connectivity index is 1.93. The highest BCUT2D eigenvalue weighted by Gasteiger charge is 2.17. The van der Waals surface area contributed by atoms with Crippen LogP contribution in [0.3, 0.4) is 0 Å². The monoisotopic (exact) mass is 263 g/mol. The van der Waals surface area contributed by atoms with E-state index in [1.54, 1.807) is 0 Å². The van der Waals surface area contributed by atoms with Gasteiger partial charge in [-0.2, -0.15) is 0 Å². The number of rotatable bonds is 7. The van der Waals surface area contributed by atoms with Crippen LogP contribution in [0.2, 0.25) is 0 Å². The topological polar surface area (TPSA) is 75.9 Å². The first-order valence-electron chi connectivity index (χ1n) is 7.23. The summed E-state index contributed by atoms with van der Waals surface area (Å²) in [5, 5.41) is 6.79. The Morgan fingerprint density at radius 1 is 1.37 bits per heavy atom. The maximum atomic E-state index is 5.56. The molecule has 1 aromatic rings. The number of nitrogens with zero attached hydrogens (tertiary/aromatic N) is 2. The van der Waals surface area contributed by atoms with E-state index in [4.69, 9.17) is 5.73 Å². The van der Waals surface area contributed by atoms with Crippen molar-refractivity contribution in [3.8, 4) is 0 Å². The van der Waals surface area contributed by atoms with Crippen molar-refractivity contribution in [2.75, 3.05) is 23.7 Å². The molecule has 0 aromatic carbocycles. The van der Waals surface area contributed by atoms with Crippen LogP contribution in [-0.4, -0.2) is 29.1 Å². The molecule has 1 heterocycles. The standard InChI is InChI=1S/C14H25N5/c1-10(6-7-15)17-14-8-13(18-11(2)19-14)16-9-12-4-3-5-12/h8,10,12H,3-7,9,15H2,1-2H3,(H2,16,17,18,19). The van der Waals surface area contributed by atoms with Crippen molar-refractivity contribution in [1.29, 1.82) is 0 Å². The summed E-state index contributed by atoms with van der Waals surface area (Å²) in [5.41, 5.74) is 5.56. The van der Waals surface area contributed by atoms with Crippen LogP contribution < -0.4 is 16.4 Å². The highest BCUT2D eigenvalue weighted by molar-refractivity contribution is 5.48. The number of aryl methyl sites for hydroxylation is 1. The number of anilines is 2. The van der Waals surface area contributed by atoms with Gasteiger partial charge in [-0.25, -0.2) is 9.97 Å². The molecular weight excluding hydrogens is 238 g/mol. The first-order chi connectivity index (χ1) is 9.17. The summed E-state index contributed by atoms with van der Waals surface area (Å²) in [6.07, 6.45) is 5.00. The van der Waals surface area contributed by atoms with Crippen molar-refractivity contribution in [2.24, 2.45) is 11.7 Å². The summed E-state index contributed by atoms with van der Waals surface area (Å²) < 4.78 is 0. The van der Waals surface area contributed by atoms with Gasteiger partial charge in [-0.15, -0.1) is 0 Å². The summed E-state index contributed by atoms with van der Waals surface area (Å²) in [4.78, 5) is 8.84. The average molecular weight is 263 g/mol. The van der Waals surface area contributed by atoms with E-state index in [-0.39, 0.29) is 0 Å². The zero-order chi connectivity index (χ0) is 13.7. The predicted molar refractivity (Wildman–Crippen MR) is 79.4 cm³/mol. The van der Waals surface area contributed by atoms with Gasteiger partial charge in [-0.1, -0.05) is 6.42 Å². The zero-order valence-electron chi connectivity index (χ0n) is 11.9. The second-order valence-electron chi connectivity index (χ2n) is 5.49. The molecule has 5 nitrogen and oxygen atoms in total. The van der Waals surface area contributed by atoms with Crippen LogP contribution in [0, 0.1) is 12.8 Å². The predicted octanol–water partition coefficient (Wildman–Crippen LogP) is 2.15. The maximum Gasteiger partial charge on any atom is 0.132 e. The lowest BCUT2D eigenvalue weighted by Crippen LogP contribution is -2.22. The molecule has 0 spiro atoms. The first kappa shape index (κ1) is 14.1. The summed E-state index contributed by atoms with van der Waals surface area (Å²) in [5.74, 6) is 3.41. The smallest absolute Gasteiger partial charge is 0.132 e. The molecule has 1 aliphatic carbocycles. The van der Waals surface area contributed by atoms with Gasteiger partial charge in [0.15, 0.2) is 0 Å². The minimum absolute atomic E-state index is 0.332. The number of hydrogen-bond acceptors (Lipinski definition) is 5. The Labute approximate surface area is 115 Å². The molecule has 1 unspecified atom stereocenters. The van der Waals surface area contributed by atoms with Gasteiger partial charge >= 0.3 is 0 Å². The molecular formula is C14H25N5. The van der Waals surface area contributed by atoms with E-state index < -0.39 is 0 Å². The second kappa shape index (κ2) is 6.70. The molecule has 1 aliphatic rings. The highest BCUT2D eigenvalue weighted by atomic mass is 15.1. The molecule has 1 atom stereocenters. The van der Waals surface area contributed by atoms with E-state index in [9.17, 15) is 0 Å². The van der Waals surface area contributed by atoms with Crippen LogP contribution in [0.1, 0.15) is 38.4 Å². The number of aromatic nitrogens is 2. The van der Waals surface area contributed by atoms with Gasteiger partial charge in [0.25, 0.3) is 0 Å². The van der Waals surface area contributed by atoms with Crippen molar-refractivity contribution in [3.05, 3.63) is 11.9 Å². The lowest BCUT2D eigenvalue weighted by Gasteiger charge is -2.25. The summed E-state index contributed by atoms with van der Waals surface area (Å²) in [7, 11) is 0. The van der Waals surface area contributed by atoms with Crippen LogP contribution in [0.5, 0.6) is 0 Å². The van der Waals surface area contributed by atoms with E-state index >= 15 is 0 Å². The fraction of sp³-hybridized carbons (Fsp3) is 0.714. The van der Waals surface area contributed by atoms with E-state index in [0.29, 0.717) is 12.6 Å². The third-order valence-electron chi connectivity index (χ3n) is 3.63. The van der Waals surface area contributed by atoms with Crippen LogP contribution in [0.4, 0.5) is 11.6 Å². The van der Waals surface area contributed by atoms with Gasteiger partial charge in [0.05, 0.1) is 0 Å². The Hall–Kier alpha value is -1.36. The van der Waals surface area contributed by atoms with Crippen molar-refractivity contribution in [3.63, 3.8) is 0 Å². The minimum Gasteiger partial charge on any atom is -0.370 e. The van der Waals surface area contributed by atoms with Gasteiger partial charge in [0.1, 0.15) is 17.5 Å². The molecule has 1 fully saturated rings. The largest absolute Gasteiger partial charge is 0.370 e. The number of nitrogens with one attached hydrogen (secondary N) is 2. The minimum atomic E-state index is 0.332. The molecule has 106 valence electrons. The number of hydrogen-bond donors (Lipinski definition) is 3. The van der Waals surface area contributed by atoms with E-state index in [1.165, 1.54) is 19.3 Å². The van der Waals surface area contributed by atoms with E-state index in [1.807, 2.05) is 13.0 Å². The van der Waals surface area contributed by atoms with Gasteiger partial charge in [-0.3, -0.25) is 0 Å². The second-order valence-corrected chi connectivity index (χ2v) is 5.49. The molecule has 4 N–H and O–H groups in total. The van der Waals surface area contributed by atoms with Crippen LogP contribution in [-0.2, 0) is 0 Å². The lowest BCUT2D eigenvalue weighted by atomic mass is 9.85. The molecule has 0 saturated heterocycles. The van der Waals surface area contributed by atoms with Crippen molar-refractivity contribution in [1.82, 2.24) is 9.97 Å². The Kier molecular flexibility index (Phi) is 4.96. The summed E-state index contributed by atoms with van der Waals surface area (Å²) in [6, 6.07) is 2.32. The molecule has 2 rings (SSSR count). The van der Waals surface area contributed by atoms with Crippen molar-refractivity contribution in [2.45, 2.75) is 45.6 Å².